The van der Waals surface area contributed by atoms with Crippen molar-refractivity contribution in [2.75, 3.05) is 14.2 Å². The minimum atomic E-state index is -0.497. The number of allylic oxidation sites excluding steroid dienone is 1. The lowest BCUT2D eigenvalue weighted by Gasteiger charge is -2.08. The Balaban J connectivity index is 1.79. The number of nitrogens with zero attached hydrogens (tertiary/aromatic N) is 3. The van der Waals surface area contributed by atoms with Crippen LogP contribution < -0.4 is 4.74 Å². The van der Waals surface area contributed by atoms with Crippen LogP contribution in [0.4, 0.5) is 0 Å². The molecule has 7 nitrogen and oxygen atoms in total. The molecule has 2 aromatic heterocycles. The third-order valence-corrected chi connectivity index (χ3v) is 4.76. The first kappa shape index (κ1) is 18.8. The number of esters is 1. The standard InChI is InChI=1S/C19H19N3O4S/c1-4-11-22-17(13-5-7-14(24-2)8-6-13)20-21-19(22)27-12-15-9-10-16(26-15)18(23)25-3/h4-10H,1,11-12H2,2-3H3. The van der Waals surface area contributed by atoms with Crippen LogP contribution in [0.25, 0.3) is 11.4 Å². The van der Waals surface area contributed by atoms with Crippen LogP contribution in [0.2, 0.25) is 0 Å². The molecular formula is C19H19N3O4S. The summed E-state index contributed by atoms with van der Waals surface area (Å²) >= 11 is 1.47. The predicted molar refractivity (Wildman–Crippen MR) is 102 cm³/mol. The Morgan fingerprint density at radius 1 is 1.22 bits per heavy atom. The highest BCUT2D eigenvalue weighted by Crippen LogP contribution is 2.28. The predicted octanol–water partition coefficient (Wildman–Crippen LogP) is 3.81. The molecule has 1 aromatic carbocycles. The molecule has 0 unspecified atom stereocenters. The van der Waals surface area contributed by atoms with Crippen molar-refractivity contribution in [3.8, 4) is 17.1 Å². The smallest absolute Gasteiger partial charge is 0.373 e. The second-order valence-electron chi connectivity index (χ2n) is 5.48. The lowest BCUT2D eigenvalue weighted by molar-refractivity contribution is 0.0563. The molecule has 0 saturated carbocycles. The number of carbonyl (C=O) groups is 1. The second kappa shape index (κ2) is 8.59. The Morgan fingerprint density at radius 3 is 2.67 bits per heavy atom. The van der Waals surface area contributed by atoms with E-state index in [-0.39, 0.29) is 5.76 Å². The van der Waals surface area contributed by atoms with Gasteiger partial charge in [0.2, 0.25) is 5.76 Å². The van der Waals surface area contributed by atoms with Crippen LogP contribution >= 0.6 is 11.8 Å². The molecule has 0 bridgehead atoms. The largest absolute Gasteiger partial charge is 0.497 e. The molecule has 140 valence electrons. The van der Waals surface area contributed by atoms with E-state index in [4.69, 9.17) is 9.15 Å². The van der Waals surface area contributed by atoms with Crippen LogP contribution in [0, 0.1) is 0 Å². The zero-order valence-corrected chi connectivity index (χ0v) is 15.9. The van der Waals surface area contributed by atoms with Gasteiger partial charge >= 0.3 is 5.97 Å². The summed E-state index contributed by atoms with van der Waals surface area (Å²) in [7, 11) is 2.95. The molecule has 0 fully saturated rings. The number of rotatable bonds is 8. The normalized spacial score (nSPS) is 10.6. The molecule has 0 amide bonds. The van der Waals surface area contributed by atoms with Crippen molar-refractivity contribution in [2.45, 2.75) is 17.5 Å². The van der Waals surface area contributed by atoms with E-state index < -0.39 is 5.97 Å². The fourth-order valence-corrected chi connectivity index (χ4v) is 3.29. The van der Waals surface area contributed by atoms with Crippen molar-refractivity contribution in [1.29, 1.82) is 0 Å². The summed E-state index contributed by atoms with van der Waals surface area (Å²) in [6.45, 7) is 4.39. The van der Waals surface area contributed by atoms with Gasteiger partial charge in [-0.15, -0.1) is 16.8 Å². The lowest BCUT2D eigenvalue weighted by Crippen LogP contribution is -2.00. The number of benzene rings is 1. The topological polar surface area (TPSA) is 79.4 Å². The van der Waals surface area contributed by atoms with Gasteiger partial charge in [-0.05, 0) is 36.4 Å². The van der Waals surface area contributed by atoms with Gasteiger partial charge in [-0.3, -0.25) is 4.57 Å². The molecule has 0 N–H and O–H groups in total. The minimum absolute atomic E-state index is 0.180. The van der Waals surface area contributed by atoms with E-state index in [1.54, 1.807) is 25.3 Å². The van der Waals surface area contributed by atoms with Gasteiger partial charge in [0.1, 0.15) is 11.5 Å². The number of methoxy groups -OCH3 is 2. The van der Waals surface area contributed by atoms with Crippen LogP contribution in [0.15, 0.2) is 58.6 Å². The van der Waals surface area contributed by atoms with E-state index in [1.165, 1.54) is 18.9 Å². The number of thioether (sulfide) groups is 1. The summed E-state index contributed by atoms with van der Waals surface area (Å²) in [5, 5.41) is 9.34. The van der Waals surface area contributed by atoms with Crippen molar-refractivity contribution in [3.63, 3.8) is 0 Å². The first-order valence-corrected chi connectivity index (χ1v) is 9.13. The molecule has 0 aliphatic rings. The Labute approximate surface area is 161 Å². The second-order valence-corrected chi connectivity index (χ2v) is 6.42. The fourth-order valence-electron chi connectivity index (χ4n) is 2.44. The SMILES string of the molecule is C=CCn1c(SCc2ccc(C(=O)OC)o2)nnc1-c1ccc(OC)cc1. The van der Waals surface area contributed by atoms with Gasteiger partial charge in [-0.1, -0.05) is 17.8 Å². The molecule has 0 saturated heterocycles. The molecule has 3 aromatic rings. The number of furan rings is 1. The Bertz CT molecular complexity index is 931. The van der Waals surface area contributed by atoms with Crippen LogP contribution in [0.3, 0.4) is 0 Å². The first-order chi connectivity index (χ1) is 13.2. The van der Waals surface area contributed by atoms with Crippen molar-refractivity contribution < 1.29 is 18.7 Å². The number of ether oxygens (including phenoxy) is 2. The van der Waals surface area contributed by atoms with Crippen LogP contribution in [0.5, 0.6) is 5.75 Å². The highest BCUT2D eigenvalue weighted by atomic mass is 32.2. The first-order valence-electron chi connectivity index (χ1n) is 8.14. The van der Waals surface area contributed by atoms with E-state index in [2.05, 4.69) is 21.5 Å². The van der Waals surface area contributed by atoms with Crippen molar-refractivity contribution in [3.05, 3.63) is 60.6 Å². The highest BCUT2D eigenvalue weighted by Gasteiger charge is 2.16. The van der Waals surface area contributed by atoms with Crippen LogP contribution in [0.1, 0.15) is 16.3 Å². The summed E-state index contributed by atoms with van der Waals surface area (Å²) in [4.78, 5) is 11.5. The molecule has 3 rings (SSSR count). The van der Waals surface area contributed by atoms with Gasteiger partial charge in [-0.25, -0.2) is 4.79 Å². The Kier molecular flexibility index (Phi) is 5.97. The number of hydrogen-bond acceptors (Lipinski definition) is 7. The fraction of sp³-hybridized carbons (Fsp3) is 0.211. The molecule has 0 aliphatic heterocycles. The number of hydrogen-bond donors (Lipinski definition) is 0. The molecule has 27 heavy (non-hydrogen) atoms. The summed E-state index contributed by atoms with van der Waals surface area (Å²) in [5.74, 6) is 2.37. The van der Waals surface area contributed by atoms with E-state index in [0.29, 0.717) is 18.1 Å². The van der Waals surface area contributed by atoms with E-state index >= 15 is 0 Å². The third-order valence-electron chi connectivity index (χ3n) is 3.77. The Morgan fingerprint density at radius 2 is 2.00 bits per heavy atom. The van der Waals surface area contributed by atoms with Gasteiger partial charge in [0.25, 0.3) is 0 Å². The zero-order valence-electron chi connectivity index (χ0n) is 15.0. The van der Waals surface area contributed by atoms with E-state index in [1.807, 2.05) is 28.8 Å². The van der Waals surface area contributed by atoms with Crippen LogP contribution in [-0.2, 0) is 17.0 Å². The van der Waals surface area contributed by atoms with Gasteiger partial charge in [0.15, 0.2) is 11.0 Å². The van der Waals surface area contributed by atoms with Crippen molar-refractivity contribution >= 4 is 17.7 Å². The average molecular weight is 385 g/mol. The Hall–Kier alpha value is -3.00. The molecule has 8 heteroatoms. The number of carbonyl (C=O) groups excluding carboxylic acids is 1. The minimum Gasteiger partial charge on any atom is -0.497 e. The van der Waals surface area contributed by atoms with E-state index in [0.717, 1.165) is 22.3 Å². The van der Waals surface area contributed by atoms with Gasteiger partial charge in [0, 0.05) is 12.1 Å². The van der Waals surface area contributed by atoms with Gasteiger partial charge in [0.05, 0.1) is 20.0 Å². The summed E-state index contributed by atoms with van der Waals surface area (Å²) in [6, 6.07) is 11.0. The highest BCUT2D eigenvalue weighted by molar-refractivity contribution is 7.98. The average Bonchev–Trinajstić information content (AvgIpc) is 3.33. The molecule has 0 aliphatic carbocycles. The summed E-state index contributed by atoms with van der Waals surface area (Å²) in [5.41, 5.74) is 0.933. The molecule has 2 heterocycles. The van der Waals surface area contributed by atoms with Crippen molar-refractivity contribution in [2.24, 2.45) is 0 Å². The zero-order chi connectivity index (χ0) is 19.2. The van der Waals surface area contributed by atoms with E-state index in [9.17, 15) is 4.79 Å². The maximum Gasteiger partial charge on any atom is 0.373 e. The maximum atomic E-state index is 11.5. The summed E-state index contributed by atoms with van der Waals surface area (Å²) < 4.78 is 17.3. The molecule has 0 spiro atoms. The molecule has 0 radical (unpaired) electrons. The summed E-state index contributed by atoms with van der Waals surface area (Å²) in [6.07, 6.45) is 1.79. The number of aromatic nitrogens is 3. The third kappa shape index (κ3) is 4.22. The lowest BCUT2D eigenvalue weighted by atomic mass is 10.2. The van der Waals surface area contributed by atoms with Gasteiger partial charge < -0.3 is 13.9 Å². The van der Waals surface area contributed by atoms with Crippen molar-refractivity contribution in [1.82, 2.24) is 14.8 Å². The maximum absolute atomic E-state index is 11.5. The van der Waals surface area contributed by atoms with Gasteiger partial charge in [-0.2, -0.15) is 0 Å². The monoisotopic (exact) mass is 385 g/mol. The quantitative estimate of drug-likeness (QED) is 0.331. The van der Waals surface area contributed by atoms with Crippen LogP contribution in [-0.4, -0.2) is 35.0 Å². The molecule has 0 atom stereocenters. The molecular weight excluding hydrogens is 366 g/mol.